The van der Waals surface area contributed by atoms with E-state index in [1.165, 1.54) is 0 Å². The molecule has 0 fully saturated rings. The largest absolute Gasteiger partial charge is 0.496 e. The van der Waals surface area contributed by atoms with Gasteiger partial charge in [0.1, 0.15) is 17.4 Å². The predicted octanol–water partition coefficient (Wildman–Crippen LogP) is 4.05. The van der Waals surface area contributed by atoms with E-state index in [9.17, 15) is 0 Å². The second-order valence-corrected chi connectivity index (χ2v) is 7.63. The normalized spacial score (nSPS) is 12.3. The summed E-state index contributed by atoms with van der Waals surface area (Å²) in [5.41, 5.74) is 16.4. The molecule has 3 rings (SSSR count). The average Bonchev–Trinajstić information content (AvgIpc) is 2.81. The third-order valence-electron chi connectivity index (χ3n) is 4.77. The fraction of sp³-hybridized carbons (Fsp3) is 0.280. The number of benzene rings is 2. The van der Waals surface area contributed by atoms with Crippen molar-refractivity contribution in [3.63, 3.8) is 0 Å². The molecular formula is C25H30N6O. The summed E-state index contributed by atoms with van der Waals surface area (Å²) in [6.07, 6.45) is 2.70. The molecule has 3 aromatic rings. The molecule has 1 heterocycles. The molecule has 0 atom stereocenters. The SMILES string of the molecule is CCCN=C(N)c1ccc(-c2nccc(-c3ccc(C(N)=NC(C)C)cc3OC)n2)cc1. The fourth-order valence-electron chi connectivity index (χ4n) is 3.18. The predicted molar refractivity (Wildman–Crippen MR) is 131 cm³/mol. The third kappa shape index (κ3) is 5.49. The first-order valence-electron chi connectivity index (χ1n) is 10.7. The number of nitrogens with two attached hydrogens (primary N) is 2. The van der Waals surface area contributed by atoms with E-state index in [0.717, 1.165) is 34.4 Å². The van der Waals surface area contributed by atoms with Crippen molar-refractivity contribution in [3.8, 4) is 28.4 Å². The first-order chi connectivity index (χ1) is 15.4. The van der Waals surface area contributed by atoms with Crippen LogP contribution in [-0.2, 0) is 0 Å². The molecule has 0 aliphatic rings. The molecule has 0 aliphatic heterocycles. The van der Waals surface area contributed by atoms with Crippen LogP contribution in [0.2, 0.25) is 0 Å². The van der Waals surface area contributed by atoms with Gasteiger partial charge in [-0.1, -0.05) is 37.3 Å². The van der Waals surface area contributed by atoms with Gasteiger partial charge in [-0.2, -0.15) is 0 Å². The minimum absolute atomic E-state index is 0.116. The van der Waals surface area contributed by atoms with Crippen LogP contribution in [0.5, 0.6) is 5.75 Å². The van der Waals surface area contributed by atoms with E-state index in [1.54, 1.807) is 13.3 Å². The molecule has 166 valence electrons. The number of amidine groups is 2. The molecule has 7 nitrogen and oxygen atoms in total. The van der Waals surface area contributed by atoms with E-state index in [0.29, 0.717) is 29.8 Å². The van der Waals surface area contributed by atoms with E-state index in [1.807, 2.05) is 62.4 Å². The van der Waals surface area contributed by atoms with Crippen LogP contribution in [0.1, 0.15) is 38.3 Å². The standard InChI is InChI=1S/C25H30N6O/c1-5-13-28-23(26)17-6-8-18(9-7-17)25-29-14-12-21(31-25)20-11-10-19(15-22(20)32-4)24(27)30-16(2)3/h6-12,14-16H,5,13H2,1-4H3,(H2,26,28)(H2,27,30). The molecule has 0 radical (unpaired) electrons. The Morgan fingerprint density at radius 3 is 2.38 bits per heavy atom. The molecule has 0 amide bonds. The molecule has 0 aliphatic carbocycles. The number of nitrogens with zero attached hydrogens (tertiary/aromatic N) is 4. The molecule has 4 N–H and O–H groups in total. The monoisotopic (exact) mass is 430 g/mol. The number of methoxy groups -OCH3 is 1. The van der Waals surface area contributed by atoms with Crippen molar-refractivity contribution in [1.82, 2.24) is 9.97 Å². The van der Waals surface area contributed by atoms with Crippen LogP contribution >= 0.6 is 0 Å². The summed E-state index contributed by atoms with van der Waals surface area (Å²) in [5.74, 6) is 2.31. The zero-order valence-electron chi connectivity index (χ0n) is 19.0. The van der Waals surface area contributed by atoms with Gasteiger partial charge in [0.25, 0.3) is 0 Å². The summed E-state index contributed by atoms with van der Waals surface area (Å²) in [5, 5.41) is 0. The lowest BCUT2D eigenvalue weighted by Gasteiger charge is -2.12. The van der Waals surface area contributed by atoms with Crippen molar-refractivity contribution in [1.29, 1.82) is 0 Å². The number of hydrogen-bond donors (Lipinski definition) is 2. The number of ether oxygens (including phenoxy) is 1. The number of aromatic nitrogens is 2. The van der Waals surface area contributed by atoms with Gasteiger partial charge in [0, 0.05) is 41.0 Å². The minimum atomic E-state index is 0.116. The van der Waals surface area contributed by atoms with E-state index in [4.69, 9.17) is 21.2 Å². The van der Waals surface area contributed by atoms with Gasteiger partial charge in [0.15, 0.2) is 5.82 Å². The number of aliphatic imine (C=N–C) groups is 2. The average molecular weight is 431 g/mol. The zero-order valence-corrected chi connectivity index (χ0v) is 19.0. The minimum Gasteiger partial charge on any atom is -0.496 e. The van der Waals surface area contributed by atoms with Gasteiger partial charge < -0.3 is 16.2 Å². The Hall–Kier alpha value is -3.74. The van der Waals surface area contributed by atoms with Crippen LogP contribution in [0.3, 0.4) is 0 Å². The van der Waals surface area contributed by atoms with Crippen LogP contribution < -0.4 is 16.2 Å². The van der Waals surface area contributed by atoms with E-state index < -0.39 is 0 Å². The fourth-order valence-corrected chi connectivity index (χ4v) is 3.18. The van der Waals surface area contributed by atoms with Crippen molar-refractivity contribution in [2.75, 3.05) is 13.7 Å². The maximum absolute atomic E-state index is 6.12. The topological polar surface area (TPSA) is 112 Å². The van der Waals surface area contributed by atoms with E-state index >= 15 is 0 Å². The van der Waals surface area contributed by atoms with Crippen molar-refractivity contribution in [2.45, 2.75) is 33.2 Å². The molecule has 0 saturated carbocycles. The lowest BCUT2D eigenvalue weighted by Crippen LogP contribution is -2.15. The zero-order chi connectivity index (χ0) is 23.1. The first kappa shape index (κ1) is 22.9. The molecule has 0 saturated heterocycles. The Morgan fingerprint density at radius 2 is 1.72 bits per heavy atom. The van der Waals surface area contributed by atoms with E-state index in [-0.39, 0.29) is 6.04 Å². The van der Waals surface area contributed by atoms with Crippen molar-refractivity contribution in [2.24, 2.45) is 21.5 Å². The van der Waals surface area contributed by atoms with Crippen molar-refractivity contribution >= 4 is 11.7 Å². The van der Waals surface area contributed by atoms with Crippen LogP contribution in [0.4, 0.5) is 0 Å². The highest BCUT2D eigenvalue weighted by atomic mass is 16.5. The van der Waals surface area contributed by atoms with Gasteiger partial charge in [-0.3, -0.25) is 9.98 Å². The highest BCUT2D eigenvalue weighted by molar-refractivity contribution is 5.99. The summed E-state index contributed by atoms with van der Waals surface area (Å²) in [7, 11) is 1.63. The second-order valence-electron chi connectivity index (χ2n) is 7.63. The van der Waals surface area contributed by atoms with Crippen LogP contribution in [0.15, 0.2) is 64.7 Å². The number of hydrogen-bond acceptors (Lipinski definition) is 5. The summed E-state index contributed by atoms with van der Waals surface area (Å²) in [6, 6.07) is 15.5. The Kier molecular flexibility index (Phi) is 7.54. The Bertz CT molecular complexity index is 1120. The highest BCUT2D eigenvalue weighted by Gasteiger charge is 2.12. The Labute approximate surface area is 189 Å². The molecule has 0 spiro atoms. The number of rotatable bonds is 8. The summed E-state index contributed by atoms with van der Waals surface area (Å²) < 4.78 is 5.62. The summed E-state index contributed by atoms with van der Waals surface area (Å²) in [4.78, 5) is 18.0. The molecule has 1 aromatic heterocycles. The molecule has 0 bridgehead atoms. The Balaban J connectivity index is 1.92. The smallest absolute Gasteiger partial charge is 0.159 e. The van der Waals surface area contributed by atoms with Gasteiger partial charge in [-0.15, -0.1) is 0 Å². The molecule has 32 heavy (non-hydrogen) atoms. The molecular weight excluding hydrogens is 400 g/mol. The van der Waals surface area contributed by atoms with Gasteiger partial charge in [-0.05, 0) is 38.5 Å². The van der Waals surface area contributed by atoms with Gasteiger partial charge in [0.2, 0.25) is 0 Å². The van der Waals surface area contributed by atoms with Crippen molar-refractivity contribution < 1.29 is 4.74 Å². The van der Waals surface area contributed by atoms with Crippen LogP contribution in [0, 0.1) is 0 Å². The van der Waals surface area contributed by atoms with E-state index in [2.05, 4.69) is 21.9 Å². The van der Waals surface area contributed by atoms with Crippen LogP contribution in [0.25, 0.3) is 22.6 Å². The lowest BCUT2D eigenvalue weighted by molar-refractivity contribution is 0.416. The summed E-state index contributed by atoms with van der Waals surface area (Å²) >= 11 is 0. The molecule has 7 heteroatoms. The van der Waals surface area contributed by atoms with Gasteiger partial charge in [-0.25, -0.2) is 9.97 Å². The second kappa shape index (κ2) is 10.5. The molecule has 0 unspecified atom stereocenters. The maximum Gasteiger partial charge on any atom is 0.159 e. The highest BCUT2D eigenvalue weighted by Crippen LogP contribution is 2.30. The van der Waals surface area contributed by atoms with Crippen LogP contribution in [-0.4, -0.2) is 41.3 Å². The third-order valence-corrected chi connectivity index (χ3v) is 4.77. The van der Waals surface area contributed by atoms with Crippen molar-refractivity contribution in [3.05, 3.63) is 65.9 Å². The first-order valence-corrected chi connectivity index (χ1v) is 10.7. The van der Waals surface area contributed by atoms with Gasteiger partial charge >= 0.3 is 0 Å². The quantitative estimate of drug-likeness (QED) is 0.414. The lowest BCUT2D eigenvalue weighted by atomic mass is 10.1. The Morgan fingerprint density at radius 1 is 1.00 bits per heavy atom. The molecule has 2 aromatic carbocycles. The maximum atomic E-state index is 6.12. The summed E-state index contributed by atoms with van der Waals surface area (Å²) in [6.45, 7) is 6.76. The van der Waals surface area contributed by atoms with Gasteiger partial charge in [0.05, 0.1) is 12.8 Å².